The highest BCUT2D eigenvalue weighted by atomic mass is 35.5. The van der Waals surface area contributed by atoms with Gasteiger partial charge in [0.05, 0.1) is 6.61 Å². The van der Waals surface area contributed by atoms with Gasteiger partial charge in [0, 0.05) is 5.02 Å². The van der Waals surface area contributed by atoms with E-state index in [9.17, 15) is 10.2 Å². The van der Waals surface area contributed by atoms with Crippen molar-refractivity contribution in [2.45, 2.75) is 19.6 Å². The summed E-state index contributed by atoms with van der Waals surface area (Å²) in [7, 11) is 0. The van der Waals surface area contributed by atoms with Crippen LogP contribution in [0.15, 0.2) is 42.5 Å². The Balaban J connectivity index is 2.48. The zero-order chi connectivity index (χ0) is 13.1. The van der Waals surface area contributed by atoms with Gasteiger partial charge in [0.2, 0.25) is 0 Å². The Morgan fingerprint density at radius 2 is 1.83 bits per heavy atom. The van der Waals surface area contributed by atoms with Crippen LogP contribution in [0.4, 0.5) is 0 Å². The number of benzene rings is 2. The molecule has 18 heavy (non-hydrogen) atoms. The summed E-state index contributed by atoms with van der Waals surface area (Å²) in [6.07, 6.45) is -0.771. The van der Waals surface area contributed by atoms with Crippen LogP contribution >= 0.6 is 11.6 Å². The topological polar surface area (TPSA) is 40.5 Å². The maximum absolute atomic E-state index is 10.4. The molecule has 2 N–H and O–H groups in total. The van der Waals surface area contributed by atoms with Crippen molar-refractivity contribution < 1.29 is 10.2 Å². The van der Waals surface area contributed by atoms with Crippen LogP contribution in [-0.2, 0) is 6.61 Å². The zero-order valence-electron chi connectivity index (χ0n) is 10.1. The highest BCUT2D eigenvalue weighted by Gasteiger charge is 2.16. The SMILES string of the molecule is Cc1ccccc1C(O)c1cc(Cl)ccc1CO. The summed E-state index contributed by atoms with van der Waals surface area (Å²) < 4.78 is 0. The van der Waals surface area contributed by atoms with E-state index >= 15 is 0 Å². The number of aliphatic hydroxyl groups excluding tert-OH is 2. The molecule has 2 nitrogen and oxygen atoms in total. The molecule has 3 heteroatoms. The van der Waals surface area contributed by atoms with Gasteiger partial charge in [-0.05, 0) is 41.3 Å². The number of hydrogen-bond acceptors (Lipinski definition) is 2. The van der Waals surface area contributed by atoms with Crippen LogP contribution < -0.4 is 0 Å². The van der Waals surface area contributed by atoms with E-state index in [4.69, 9.17) is 11.6 Å². The normalized spacial score (nSPS) is 12.4. The van der Waals surface area contributed by atoms with Crippen molar-refractivity contribution in [3.05, 3.63) is 69.7 Å². The van der Waals surface area contributed by atoms with E-state index in [-0.39, 0.29) is 6.61 Å². The molecule has 2 rings (SSSR count). The lowest BCUT2D eigenvalue weighted by Crippen LogP contribution is -2.05. The third-order valence-corrected chi connectivity index (χ3v) is 3.29. The van der Waals surface area contributed by atoms with E-state index in [2.05, 4.69) is 0 Å². The van der Waals surface area contributed by atoms with Crippen LogP contribution in [0, 0.1) is 6.92 Å². The quantitative estimate of drug-likeness (QED) is 0.892. The van der Waals surface area contributed by atoms with Crippen molar-refractivity contribution in [1.82, 2.24) is 0 Å². The Hall–Kier alpha value is -1.35. The predicted octanol–water partition coefficient (Wildman–Crippen LogP) is 3.22. The van der Waals surface area contributed by atoms with Crippen LogP contribution in [0.25, 0.3) is 0 Å². The van der Waals surface area contributed by atoms with E-state index < -0.39 is 6.10 Å². The molecule has 0 spiro atoms. The monoisotopic (exact) mass is 262 g/mol. The van der Waals surface area contributed by atoms with Crippen molar-refractivity contribution >= 4 is 11.6 Å². The summed E-state index contributed by atoms with van der Waals surface area (Å²) in [5.74, 6) is 0. The smallest absolute Gasteiger partial charge is 0.105 e. The fourth-order valence-corrected chi connectivity index (χ4v) is 2.21. The average molecular weight is 263 g/mol. The number of rotatable bonds is 3. The van der Waals surface area contributed by atoms with Crippen LogP contribution in [0.1, 0.15) is 28.4 Å². The Labute approximate surface area is 111 Å². The highest BCUT2D eigenvalue weighted by Crippen LogP contribution is 2.29. The van der Waals surface area contributed by atoms with Gasteiger partial charge < -0.3 is 10.2 Å². The van der Waals surface area contributed by atoms with Gasteiger partial charge in [-0.3, -0.25) is 0 Å². The van der Waals surface area contributed by atoms with Gasteiger partial charge >= 0.3 is 0 Å². The predicted molar refractivity (Wildman–Crippen MR) is 72.6 cm³/mol. The Bertz CT molecular complexity index is 552. The highest BCUT2D eigenvalue weighted by molar-refractivity contribution is 6.30. The Kier molecular flexibility index (Phi) is 4.02. The Morgan fingerprint density at radius 3 is 2.50 bits per heavy atom. The molecule has 2 aromatic rings. The van der Waals surface area contributed by atoms with Crippen LogP contribution in [0.2, 0.25) is 5.02 Å². The van der Waals surface area contributed by atoms with E-state index in [0.29, 0.717) is 16.1 Å². The minimum absolute atomic E-state index is 0.116. The number of hydrogen-bond donors (Lipinski definition) is 2. The maximum Gasteiger partial charge on any atom is 0.105 e. The molecule has 0 aliphatic carbocycles. The molecule has 0 fully saturated rings. The zero-order valence-corrected chi connectivity index (χ0v) is 10.9. The van der Waals surface area contributed by atoms with Gasteiger partial charge in [0.1, 0.15) is 6.10 Å². The first kappa shape index (κ1) is 13.1. The summed E-state index contributed by atoms with van der Waals surface area (Å²) in [6, 6.07) is 12.8. The van der Waals surface area contributed by atoms with Crippen molar-refractivity contribution in [2.24, 2.45) is 0 Å². The van der Waals surface area contributed by atoms with Gasteiger partial charge in [0.25, 0.3) is 0 Å². The second-order valence-corrected chi connectivity index (χ2v) is 4.70. The minimum atomic E-state index is -0.771. The molecular weight excluding hydrogens is 248 g/mol. The lowest BCUT2D eigenvalue weighted by molar-refractivity contribution is 0.212. The van der Waals surface area contributed by atoms with Crippen molar-refractivity contribution in [2.75, 3.05) is 0 Å². The molecule has 2 aromatic carbocycles. The van der Waals surface area contributed by atoms with Crippen molar-refractivity contribution in [1.29, 1.82) is 0 Å². The maximum atomic E-state index is 10.4. The van der Waals surface area contributed by atoms with Crippen LogP contribution in [0.5, 0.6) is 0 Å². The first-order chi connectivity index (χ1) is 8.63. The second-order valence-electron chi connectivity index (χ2n) is 4.26. The molecule has 0 radical (unpaired) electrons. The third-order valence-electron chi connectivity index (χ3n) is 3.06. The second kappa shape index (κ2) is 5.53. The molecule has 0 amide bonds. The molecule has 1 unspecified atom stereocenters. The average Bonchev–Trinajstić information content (AvgIpc) is 2.38. The lowest BCUT2D eigenvalue weighted by Gasteiger charge is -2.17. The number of aliphatic hydroxyl groups is 2. The Morgan fingerprint density at radius 1 is 1.11 bits per heavy atom. The molecule has 0 bridgehead atoms. The summed E-state index contributed by atoms with van der Waals surface area (Å²) >= 11 is 5.95. The van der Waals surface area contributed by atoms with Gasteiger partial charge in [-0.1, -0.05) is 41.9 Å². The standard InChI is InChI=1S/C15H15ClO2/c1-10-4-2-3-5-13(10)15(18)14-8-12(16)7-6-11(14)9-17/h2-8,15,17-18H,9H2,1H3. The molecule has 0 saturated carbocycles. The largest absolute Gasteiger partial charge is 0.392 e. The fourth-order valence-electron chi connectivity index (χ4n) is 2.03. The van der Waals surface area contributed by atoms with Crippen LogP contribution in [-0.4, -0.2) is 10.2 Å². The first-order valence-corrected chi connectivity index (χ1v) is 6.14. The summed E-state index contributed by atoms with van der Waals surface area (Å²) in [4.78, 5) is 0. The van der Waals surface area contributed by atoms with Crippen molar-refractivity contribution in [3.8, 4) is 0 Å². The van der Waals surface area contributed by atoms with Gasteiger partial charge in [-0.15, -0.1) is 0 Å². The molecule has 0 aliphatic heterocycles. The molecule has 0 heterocycles. The molecule has 94 valence electrons. The number of halogens is 1. The summed E-state index contributed by atoms with van der Waals surface area (Å²) in [6.45, 7) is 1.83. The molecule has 1 atom stereocenters. The van der Waals surface area contributed by atoms with Gasteiger partial charge in [-0.25, -0.2) is 0 Å². The van der Waals surface area contributed by atoms with E-state index in [1.165, 1.54) is 0 Å². The van der Waals surface area contributed by atoms with Gasteiger partial charge in [-0.2, -0.15) is 0 Å². The minimum Gasteiger partial charge on any atom is -0.392 e. The number of aryl methyl sites for hydroxylation is 1. The van der Waals surface area contributed by atoms with Crippen molar-refractivity contribution in [3.63, 3.8) is 0 Å². The molecule has 0 aromatic heterocycles. The van der Waals surface area contributed by atoms with E-state index in [0.717, 1.165) is 11.1 Å². The van der Waals surface area contributed by atoms with E-state index in [1.807, 2.05) is 31.2 Å². The lowest BCUT2D eigenvalue weighted by atomic mass is 9.94. The van der Waals surface area contributed by atoms with Crippen LogP contribution in [0.3, 0.4) is 0 Å². The summed E-state index contributed by atoms with van der Waals surface area (Å²) in [5.41, 5.74) is 3.18. The van der Waals surface area contributed by atoms with Gasteiger partial charge in [0.15, 0.2) is 0 Å². The fraction of sp³-hybridized carbons (Fsp3) is 0.200. The summed E-state index contributed by atoms with van der Waals surface area (Å²) in [5, 5.41) is 20.3. The molecule has 0 saturated heterocycles. The molecule has 0 aliphatic rings. The first-order valence-electron chi connectivity index (χ1n) is 5.76. The molecular formula is C15H15ClO2. The van der Waals surface area contributed by atoms with E-state index in [1.54, 1.807) is 18.2 Å². The third kappa shape index (κ3) is 2.56.